The lowest BCUT2D eigenvalue weighted by Crippen LogP contribution is -2.39. The van der Waals surface area contributed by atoms with Crippen molar-refractivity contribution < 1.29 is 9.47 Å². The fourth-order valence-electron chi connectivity index (χ4n) is 1.12. The fourth-order valence-corrected chi connectivity index (χ4v) is 1.12. The maximum atomic E-state index is 5.24. The molecule has 0 unspecified atom stereocenters. The van der Waals surface area contributed by atoms with E-state index in [1.54, 1.807) is 7.11 Å². The second kappa shape index (κ2) is 15.9. The summed E-state index contributed by atoms with van der Waals surface area (Å²) in [5, 5.41) is 6.36. The van der Waals surface area contributed by atoms with Crippen LogP contribution in [0.1, 0.15) is 20.3 Å². The van der Waals surface area contributed by atoms with Crippen LogP contribution in [0.15, 0.2) is 4.99 Å². The van der Waals surface area contributed by atoms with Gasteiger partial charge >= 0.3 is 0 Å². The van der Waals surface area contributed by atoms with Crippen LogP contribution in [-0.2, 0) is 9.47 Å². The van der Waals surface area contributed by atoms with Gasteiger partial charge < -0.3 is 20.1 Å². The molecule has 0 aliphatic rings. The topological polar surface area (TPSA) is 54.9 Å². The maximum Gasteiger partial charge on any atom is 0.191 e. The Bertz CT molecular complexity index is 180. The highest BCUT2D eigenvalue weighted by Crippen LogP contribution is 1.84. The molecule has 0 rings (SSSR count). The van der Waals surface area contributed by atoms with Crippen molar-refractivity contribution in [2.75, 3.05) is 46.6 Å². The van der Waals surface area contributed by atoms with Gasteiger partial charge in [-0.1, -0.05) is 0 Å². The molecule has 0 heterocycles. The number of halogens is 1. The number of rotatable bonds is 9. The van der Waals surface area contributed by atoms with Gasteiger partial charge in [-0.05, 0) is 20.3 Å². The molecule has 17 heavy (non-hydrogen) atoms. The molecule has 0 saturated carbocycles. The van der Waals surface area contributed by atoms with Crippen LogP contribution in [0, 0.1) is 0 Å². The summed E-state index contributed by atoms with van der Waals surface area (Å²) in [5.41, 5.74) is 0. The van der Waals surface area contributed by atoms with Crippen molar-refractivity contribution in [2.45, 2.75) is 20.3 Å². The van der Waals surface area contributed by atoms with Gasteiger partial charge in [0.25, 0.3) is 0 Å². The Morgan fingerprint density at radius 2 is 1.94 bits per heavy atom. The lowest BCUT2D eigenvalue weighted by Gasteiger charge is -2.10. The molecule has 0 spiro atoms. The highest BCUT2D eigenvalue weighted by Gasteiger charge is 1.95. The summed E-state index contributed by atoms with van der Waals surface area (Å²) in [4.78, 5) is 4.42. The second-order valence-corrected chi connectivity index (χ2v) is 3.23. The Kier molecular flexibility index (Phi) is 18.0. The molecule has 5 nitrogen and oxygen atoms in total. The average Bonchev–Trinajstić information content (AvgIpc) is 2.29. The van der Waals surface area contributed by atoms with Crippen LogP contribution in [0.3, 0.4) is 0 Å². The third-order valence-corrected chi connectivity index (χ3v) is 1.86. The van der Waals surface area contributed by atoms with Crippen molar-refractivity contribution in [3.05, 3.63) is 0 Å². The number of ether oxygens (including phenoxy) is 2. The Balaban J connectivity index is 0. The lowest BCUT2D eigenvalue weighted by atomic mass is 10.4. The maximum absolute atomic E-state index is 5.24. The van der Waals surface area contributed by atoms with Crippen LogP contribution in [0.4, 0.5) is 0 Å². The van der Waals surface area contributed by atoms with Gasteiger partial charge in [0.05, 0.1) is 6.61 Å². The zero-order chi connectivity index (χ0) is 12.1. The predicted molar refractivity (Wildman–Crippen MR) is 82.4 cm³/mol. The summed E-state index contributed by atoms with van der Waals surface area (Å²) in [6.45, 7) is 8.70. The van der Waals surface area contributed by atoms with Crippen LogP contribution < -0.4 is 10.6 Å². The van der Waals surface area contributed by atoms with Gasteiger partial charge in [0.15, 0.2) is 5.96 Å². The van der Waals surface area contributed by atoms with Crippen molar-refractivity contribution in [1.82, 2.24) is 10.6 Å². The van der Waals surface area contributed by atoms with Gasteiger partial charge in [-0.25, -0.2) is 0 Å². The number of hydrogen-bond donors (Lipinski definition) is 2. The number of hydrogen-bond acceptors (Lipinski definition) is 3. The van der Waals surface area contributed by atoms with Gasteiger partial charge in [-0.2, -0.15) is 0 Å². The van der Waals surface area contributed by atoms with E-state index in [1.807, 2.05) is 13.8 Å². The molecule has 0 aromatic carbocycles. The smallest absolute Gasteiger partial charge is 0.191 e. The molecular formula is C11H26IN3O2. The van der Waals surface area contributed by atoms with Crippen LogP contribution >= 0.6 is 24.0 Å². The van der Waals surface area contributed by atoms with E-state index in [-0.39, 0.29) is 24.0 Å². The Morgan fingerprint density at radius 3 is 2.53 bits per heavy atom. The van der Waals surface area contributed by atoms with E-state index in [4.69, 9.17) is 9.47 Å². The number of nitrogens with one attached hydrogen (secondary N) is 2. The molecule has 0 saturated heterocycles. The Morgan fingerprint density at radius 1 is 1.18 bits per heavy atom. The number of aliphatic imine (C=N–C) groups is 1. The quantitative estimate of drug-likeness (QED) is 0.282. The minimum atomic E-state index is 0. The largest absolute Gasteiger partial charge is 0.383 e. The molecule has 0 atom stereocenters. The van der Waals surface area contributed by atoms with E-state index in [0.29, 0.717) is 6.61 Å². The van der Waals surface area contributed by atoms with Crippen LogP contribution in [0.5, 0.6) is 0 Å². The van der Waals surface area contributed by atoms with Crippen LogP contribution in [0.2, 0.25) is 0 Å². The van der Waals surface area contributed by atoms with Crippen molar-refractivity contribution in [3.63, 3.8) is 0 Å². The third-order valence-electron chi connectivity index (χ3n) is 1.86. The molecular weight excluding hydrogens is 333 g/mol. The summed E-state index contributed by atoms with van der Waals surface area (Å²) >= 11 is 0. The molecule has 0 bridgehead atoms. The first-order valence-corrected chi connectivity index (χ1v) is 5.94. The number of nitrogens with zero attached hydrogens (tertiary/aromatic N) is 1. The minimum Gasteiger partial charge on any atom is -0.383 e. The first kappa shape index (κ1) is 19.3. The SMILES string of the molecule is CCNC(=NCCCOCC)NCCOC.I. The van der Waals surface area contributed by atoms with Crippen molar-refractivity contribution in [1.29, 1.82) is 0 Å². The Hall–Kier alpha value is -0.0800. The second-order valence-electron chi connectivity index (χ2n) is 3.23. The van der Waals surface area contributed by atoms with Crippen LogP contribution in [0.25, 0.3) is 0 Å². The van der Waals surface area contributed by atoms with E-state index in [0.717, 1.165) is 45.2 Å². The normalized spacial score (nSPS) is 10.9. The molecule has 0 aliphatic heterocycles. The van der Waals surface area contributed by atoms with E-state index in [1.165, 1.54) is 0 Å². The first-order chi connectivity index (χ1) is 7.85. The molecule has 0 aliphatic carbocycles. The molecule has 6 heteroatoms. The number of guanidine groups is 1. The summed E-state index contributed by atoms with van der Waals surface area (Å²) in [7, 11) is 1.69. The van der Waals surface area contributed by atoms with E-state index in [2.05, 4.69) is 15.6 Å². The molecule has 0 aromatic heterocycles. The molecule has 0 radical (unpaired) electrons. The Labute approximate surface area is 122 Å². The monoisotopic (exact) mass is 359 g/mol. The predicted octanol–water partition coefficient (Wildman–Crippen LogP) is 1.23. The summed E-state index contributed by atoms with van der Waals surface area (Å²) in [6.07, 6.45) is 0.953. The summed E-state index contributed by atoms with van der Waals surface area (Å²) in [5.74, 6) is 0.844. The highest BCUT2D eigenvalue weighted by atomic mass is 127. The standard InChI is InChI=1S/C11H25N3O2.HI/c1-4-12-11(14-8-10-15-3)13-7-6-9-16-5-2;/h4-10H2,1-3H3,(H2,12,13,14);1H. The molecule has 2 N–H and O–H groups in total. The van der Waals surface area contributed by atoms with Gasteiger partial charge in [0.1, 0.15) is 0 Å². The number of methoxy groups -OCH3 is 1. The summed E-state index contributed by atoms with van der Waals surface area (Å²) < 4.78 is 10.2. The van der Waals surface area contributed by atoms with E-state index in [9.17, 15) is 0 Å². The van der Waals surface area contributed by atoms with Crippen LogP contribution in [-0.4, -0.2) is 52.5 Å². The highest BCUT2D eigenvalue weighted by molar-refractivity contribution is 14.0. The minimum absolute atomic E-state index is 0. The van der Waals surface area contributed by atoms with Gasteiger partial charge in [-0.15, -0.1) is 24.0 Å². The van der Waals surface area contributed by atoms with Crippen molar-refractivity contribution in [2.24, 2.45) is 4.99 Å². The fraction of sp³-hybridized carbons (Fsp3) is 0.909. The van der Waals surface area contributed by atoms with E-state index < -0.39 is 0 Å². The van der Waals surface area contributed by atoms with Gasteiger partial charge in [0, 0.05) is 40.0 Å². The van der Waals surface area contributed by atoms with Crippen molar-refractivity contribution in [3.8, 4) is 0 Å². The first-order valence-electron chi connectivity index (χ1n) is 5.94. The lowest BCUT2D eigenvalue weighted by molar-refractivity contribution is 0.146. The zero-order valence-electron chi connectivity index (χ0n) is 11.1. The van der Waals surface area contributed by atoms with Gasteiger partial charge in [0.2, 0.25) is 0 Å². The van der Waals surface area contributed by atoms with E-state index >= 15 is 0 Å². The molecule has 104 valence electrons. The average molecular weight is 359 g/mol. The molecule has 0 aromatic rings. The van der Waals surface area contributed by atoms with Gasteiger partial charge in [-0.3, -0.25) is 4.99 Å². The molecule has 0 amide bonds. The summed E-state index contributed by atoms with van der Waals surface area (Å²) in [6, 6.07) is 0. The van der Waals surface area contributed by atoms with Crippen molar-refractivity contribution >= 4 is 29.9 Å². The third kappa shape index (κ3) is 13.9. The zero-order valence-corrected chi connectivity index (χ0v) is 13.5. The molecule has 0 fully saturated rings.